The highest BCUT2D eigenvalue weighted by molar-refractivity contribution is 8.01. The quantitative estimate of drug-likeness (QED) is 0.851. The zero-order chi connectivity index (χ0) is 14.6. The molecule has 2 rings (SSSR count). The lowest BCUT2D eigenvalue weighted by molar-refractivity contribution is 0.588. The van der Waals surface area contributed by atoms with Gasteiger partial charge in [-0.2, -0.15) is 0 Å². The first-order valence-corrected chi connectivity index (χ1v) is 8.54. The highest BCUT2D eigenvalue weighted by Crippen LogP contribution is 2.27. The molecule has 1 aromatic heterocycles. The molecule has 0 aliphatic carbocycles. The van der Waals surface area contributed by atoms with Crippen molar-refractivity contribution in [3.8, 4) is 0 Å². The van der Waals surface area contributed by atoms with Crippen LogP contribution in [0.1, 0.15) is 37.9 Å². The van der Waals surface area contributed by atoms with Crippen LogP contribution in [-0.4, -0.2) is 23.0 Å². The Morgan fingerprint density at radius 2 is 1.95 bits per heavy atom. The lowest BCUT2D eigenvalue weighted by Crippen LogP contribution is -2.19. The smallest absolute Gasteiger partial charge is 0.174 e. The molecule has 0 amide bonds. The second-order valence-electron chi connectivity index (χ2n) is 5.73. The second kappa shape index (κ2) is 6.70. The standard InChI is InChI=1S/C15H21N3S2/c1-15(2,3)12-7-5-11(6-8-12)13(16-4)9-19-14-18-17-10-20-14/h5-8,10,13,16H,9H2,1-4H3. The lowest BCUT2D eigenvalue weighted by Gasteiger charge is -2.21. The first kappa shape index (κ1) is 15.5. The Morgan fingerprint density at radius 1 is 1.25 bits per heavy atom. The van der Waals surface area contributed by atoms with E-state index in [4.69, 9.17) is 0 Å². The van der Waals surface area contributed by atoms with Crippen LogP contribution < -0.4 is 5.32 Å². The van der Waals surface area contributed by atoms with Crippen molar-refractivity contribution in [3.63, 3.8) is 0 Å². The van der Waals surface area contributed by atoms with E-state index in [1.54, 1.807) is 28.6 Å². The highest BCUT2D eigenvalue weighted by atomic mass is 32.2. The van der Waals surface area contributed by atoms with Gasteiger partial charge in [0.25, 0.3) is 0 Å². The molecule has 0 aliphatic rings. The van der Waals surface area contributed by atoms with Gasteiger partial charge in [0.2, 0.25) is 0 Å². The van der Waals surface area contributed by atoms with E-state index in [0.29, 0.717) is 6.04 Å². The van der Waals surface area contributed by atoms with Gasteiger partial charge in [-0.25, -0.2) is 0 Å². The molecule has 1 N–H and O–H groups in total. The number of hydrogen-bond acceptors (Lipinski definition) is 5. The fraction of sp³-hybridized carbons (Fsp3) is 0.467. The van der Waals surface area contributed by atoms with Crippen molar-refractivity contribution in [2.75, 3.05) is 12.8 Å². The third-order valence-corrected chi connectivity index (χ3v) is 5.19. The van der Waals surface area contributed by atoms with Crippen LogP contribution in [0, 0.1) is 0 Å². The maximum Gasteiger partial charge on any atom is 0.174 e. The summed E-state index contributed by atoms with van der Waals surface area (Å²) in [5, 5.41) is 11.3. The van der Waals surface area contributed by atoms with Crippen molar-refractivity contribution < 1.29 is 0 Å². The molecule has 0 aliphatic heterocycles. The van der Waals surface area contributed by atoms with Crippen molar-refractivity contribution in [3.05, 3.63) is 40.9 Å². The third-order valence-electron chi connectivity index (χ3n) is 3.24. The number of nitrogens with zero attached hydrogens (tertiary/aromatic N) is 2. The van der Waals surface area contributed by atoms with Crippen LogP contribution in [0.15, 0.2) is 34.1 Å². The third kappa shape index (κ3) is 4.04. The Kier molecular flexibility index (Phi) is 5.18. The fourth-order valence-corrected chi connectivity index (χ4v) is 3.60. The minimum Gasteiger partial charge on any atom is -0.312 e. The zero-order valence-electron chi connectivity index (χ0n) is 12.4. The van der Waals surface area contributed by atoms with Gasteiger partial charge >= 0.3 is 0 Å². The molecule has 0 radical (unpaired) electrons. The number of thioether (sulfide) groups is 1. The minimum absolute atomic E-state index is 0.203. The summed E-state index contributed by atoms with van der Waals surface area (Å²) in [6.07, 6.45) is 0. The van der Waals surface area contributed by atoms with E-state index in [-0.39, 0.29) is 5.41 Å². The Bertz CT molecular complexity index is 515. The molecule has 3 nitrogen and oxygen atoms in total. The van der Waals surface area contributed by atoms with Gasteiger partial charge in [0, 0.05) is 11.8 Å². The molecule has 1 aromatic carbocycles. The number of aromatic nitrogens is 2. The molecule has 0 fully saturated rings. The molecular weight excluding hydrogens is 286 g/mol. The average molecular weight is 307 g/mol. The molecule has 108 valence electrons. The Morgan fingerprint density at radius 3 is 2.45 bits per heavy atom. The first-order valence-electron chi connectivity index (χ1n) is 6.67. The predicted molar refractivity (Wildman–Crippen MR) is 87.6 cm³/mol. The summed E-state index contributed by atoms with van der Waals surface area (Å²) in [6.45, 7) is 6.72. The van der Waals surface area contributed by atoms with Crippen molar-refractivity contribution in [1.82, 2.24) is 15.5 Å². The van der Waals surface area contributed by atoms with Crippen LogP contribution in [0.2, 0.25) is 0 Å². The summed E-state index contributed by atoms with van der Waals surface area (Å²) in [7, 11) is 2.00. The first-order chi connectivity index (χ1) is 9.50. The average Bonchev–Trinajstić information content (AvgIpc) is 2.92. The van der Waals surface area contributed by atoms with E-state index < -0.39 is 0 Å². The Balaban J connectivity index is 2.04. The topological polar surface area (TPSA) is 37.8 Å². The number of nitrogens with one attached hydrogen (secondary N) is 1. The fourth-order valence-electron chi connectivity index (χ4n) is 1.94. The van der Waals surface area contributed by atoms with Crippen molar-refractivity contribution >= 4 is 23.1 Å². The summed E-state index contributed by atoms with van der Waals surface area (Å²) in [4.78, 5) is 0. The maximum atomic E-state index is 4.07. The van der Waals surface area contributed by atoms with Crippen LogP contribution >= 0.6 is 23.1 Å². The molecule has 2 aromatic rings. The normalized spacial score (nSPS) is 13.4. The summed E-state index contributed by atoms with van der Waals surface area (Å²) < 4.78 is 1.02. The Labute approximate surface area is 129 Å². The van der Waals surface area contributed by atoms with Gasteiger partial charge in [-0.3, -0.25) is 0 Å². The highest BCUT2D eigenvalue weighted by Gasteiger charge is 2.15. The molecule has 0 saturated heterocycles. The molecule has 5 heteroatoms. The van der Waals surface area contributed by atoms with Crippen molar-refractivity contribution in [2.24, 2.45) is 0 Å². The molecular formula is C15H21N3S2. The maximum absolute atomic E-state index is 4.07. The van der Waals surface area contributed by atoms with Gasteiger partial charge in [-0.05, 0) is 23.6 Å². The summed E-state index contributed by atoms with van der Waals surface area (Å²) in [5.41, 5.74) is 4.66. The van der Waals surface area contributed by atoms with Gasteiger partial charge in [-0.15, -0.1) is 10.2 Å². The molecule has 20 heavy (non-hydrogen) atoms. The molecule has 0 saturated carbocycles. The lowest BCUT2D eigenvalue weighted by atomic mass is 9.86. The summed E-state index contributed by atoms with van der Waals surface area (Å²) >= 11 is 3.34. The van der Waals surface area contributed by atoms with E-state index in [1.165, 1.54) is 11.1 Å². The van der Waals surface area contributed by atoms with E-state index in [2.05, 4.69) is 60.6 Å². The van der Waals surface area contributed by atoms with Crippen LogP contribution in [-0.2, 0) is 5.41 Å². The van der Waals surface area contributed by atoms with Gasteiger partial charge in [0.1, 0.15) is 5.51 Å². The van der Waals surface area contributed by atoms with Crippen molar-refractivity contribution in [1.29, 1.82) is 0 Å². The Hall–Kier alpha value is -0.910. The van der Waals surface area contributed by atoms with Crippen LogP contribution in [0.3, 0.4) is 0 Å². The van der Waals surface area contributed by atoms with Gasteiger partial charge in [0.15, 0.2) is 4.34 Å². The van der Waals surface area contributed by atoms with E-state index in [1.807, 2.05) is 7.05 Å². The summed E-state index contributed by atoms with van der Waals surface area (Å²) in [5.74, 6) is 0.959. The SMILES string of the molecule is CNC(CSc1nncs1)c1ccc(C(C)(C)C)cc1. The number of hydrogen-bond donors (Lipinski definition) is 1. The van der Waals surface area contributed by atoms with Gasteiger partial charge in [0.05, 0.1) is 0 Å². The molecule has 1 heterocycles. The van der Waals surface area contributed by atoms with Crippen LogP contribution in [0.25, 0.3) is 0 Å². The zero-order valence-corrected chi connectivity index (χ0v) is 14.0. The largest absolute Gasteiger partial charge is 0.312 e. The second-order valence-corrected chi connectivity index (χ2v) is 7.83. The predicted octanol–water partition coefficient (Wildman–Crippen LogP) is 3.89. The van der Waals surface area contributed by atoms with E-state index >= 15 is 0 Å². The minimum atomic E-state index is 0.203. The van der Waals surface area contributed by atoms with E-state index in [0.717, 1.165) is 10.1 Å². The van der Waals surface area contributed by atoms with Crippen LogP contribution in [0.4, 0.5) is 0 Å². The van der Waals surface area contributed by atoms with Gasteiger partial charge < -0.3 is 5.32 Å². The number of benzene rings is 1. The van der Waals surface area contributed by atoms with Gasteiger partial charge in [-0.1, -0.05) is 68.1 Å². The molecule has 1 unspecified atom stereocenters. The summed E-state index contributed by atoms with van der Waals surface area (Å²) in [6, 6.07) is 9.24. The van der Waals surface area contributed by atoms with Crippen molar-refractivity contribution in [2.45, 2.75) is 36.6 Å². The van der Waals surface area contributed by atoms with E-state index in [9.17, 15) is 0 Å². The van der Waals surface area contributed by atoms with Crippen LogP contribution in [0.5, 0.6) is 0 Å². The number of rotatable bonds is 5. The molecule has 1 atom stereocenters. The molecule has 0 spiro atoms. The molecule has 0 bridgehead atoms. The monoisotopic (exact) mass is 307 g/mol.